The molecule has 0 bridgehead atoms. The lowest BCUT2D eigenvalue weighted by molar-refractivity contribution is -0.172. The number of carbonyl (C=O) groups is 6. The number of aromatic nitrogens is 3. The van der Waals surface area contributed by atoms with Gasteiger partial charge >= 0.3 is 12.1 Å². The van der Waals surface area contributed by atoms with Crippen LogP contribution in [0.25, 0.3) is 16.7 Å². The molecule has 7 amide bonds. The molecule has 5 aromatic rings. The van der Waals surface area contributed by atoms with Gasteiger partial charge in [0.15, 0.2) is 5.82 Å². The van der Waals surface area contributed by atoms with Crippen molar-refractivity contribution < 1.29 is 47.9 Å². The van der Waals surface area contributed by atoms with Crippen molar-refractivity contribution in [3.63, 3.8) is 0 Å². The lowest BCUT2D eigenvalue weighted by Gasteiger charge is -2.54. The average Bonchev–Trinajstić information content (AvgIpc) is 4.07. The zero-order valence-corrected chi connectivity index (χ0v) is 39.7. The average molecular weight is 959 g/mol. The van der Waals surface area contributed by atoms with Crippen molar-refractivity contribution in [2.45, 2.75) is 102 Å². The monoisotopic (exact) mass is 958 g/mol. The minimum atomic E-state index is -1.45. The molecule has 0 spiro atoms. The molecule has 3 unspecified atom stereocenters. The van der Waals surface area contributed by atoms with E-state index in [0.717, 1.165) is 21.6 Å². The van der Waals surface area contributed by atoms with Crippen molar-refractivity contribution in [3.05, 3.63) is 89.9 Å². The first-order valence-electron chi connectivity index (χ1n) is 23.7. The Labute approximate surface area is 404 Å². The van der Waals surface area contributed by atoms with Gasteiger partial charge in [-0.25, -0.2) is 14.6 Å². The van der Waals surface area contributed by atoms with Crippen LogP contribution in [0.4, 0.5) is 26.8 Å². The predicted molar refractivity (Wildman–Crippen MR) is 257 cm³/mol. The summed E-state index contributed by atoms with van der Waals surface area (Å²) in [5.74, 6) is -0.0708. The van der Waals surface area contributed by atoms with E-state index in [4.69, 9.17) is 14.0 Å². The van der Waals surface area contributed by atoms with Crippen LogP contribution in [-0.2, 0) is 31.1 Å². The molecule has 368 valence electrons. The van der Waals surface area contributed by atoms with Crippen molar-refractivity contribution in [1.82, 2.24) is 34.3 Å². The van der Waals surface area contributed by atoms with Crippen molar-refractivity contribution in [3.8, 4) is 11.4 Å². The fourth-order valence-corrected chi connectivity index (χ4v) is 9.98. The van der Waals surface area contributed by atoms with E-state index in [2.05, 4.69) is 31.0 Å². The highest BCUT2D eigenvalue weighted by molar-refractivity contribution is 6.07. The van der Waals surface area contributed by atoms with E-state index in [1.54, 1.807) is 49.6 Å². The first-order chi connectivity index (χ1) is 33.6. The number of amides is 7. The summed E-state index contributed by atoms with van der Waals surface area (Å²) in [6, 6.07) is 18.2. The summed E-state index contributed by atoms with van der Waals surface area (Å²) in [6.45, 7) is 10.6. The molecule has 3 saturated heterocycles. The third kappa shape index (κ3) is 9.78. The fraction of sp³-hybridized carbons (Fsp3) is 0.440. The Hall–Kier alpha value is -7.32. The third-order valence-corrected chi connectivity index (χ3v) is 13.7. The number of piperidine rings is 2. The number of fused-ring (bicyclic) bond motifs is 2. The maximum absolute atomic E-state index is 14.5. The lowest BCUT2D eigenvalue weighted by Crippen LogP contribution is -2.71. The number of urea groups is 1. The molecule has 2 aromatic heterocycles. The second kappa shape index (κ2) is 19.6. The summed E-state index contributed by atoms with van der Waals surface area (Å²) in [5.41, 5.74) is 2.75. The van der Waals surface area contributed by atoms with Gasteiger partial charge in [-0.15, -0.1) is 0 Å². The molecule has 0 aliphatic carbocycles. The molecular weight excluding hydrogens is 901 g/mol. The van der Waals surface area contributed by atoms with Crippen LogP contribution in [0.5, 0.6) is 5.75 Å². The smallest absolute Gasteiger partial charge is 0.409 e. The number of nitrogens with one attached hydrogen (secondary N) is 3. The van der Waals surface area contributed by atoms with Crippen molar-refractivity contribution in [2.24, 2.45) is 0 Å². The molecule has 0 saturated carbocycles. The third-order valence-electron chi connectivity index (χ3n) is 13.7. The first-order valence-corrected chi connectivity index (χ1v) is 23.7. The Balaban J connectivity index is 0.756. The standard InChI is InChI=1S/C50H58N10O10/c1-49(2,3)41-27-42(55-70-41)54-47(65)52-31-11-13-32(14-12-31)58-30-51-38-26-34(15-16-39(38)58)69-23-6-5-10-43(61)53-37-9-7-8-35-36(37)29-57(45(35)63)40-17-18-44(62)60(46(40)64)50(4)28-33(19-20-59(50)48(66)67)56-21-24-68-25-22-56/h7-9,11-16,26-27,30,33,40H,5-6,10,17-25,28-29H2,1-4H3,(H,53,61)(H,66,67)(H2,52,54,55,65). The maximum Gasteiger partial charge on any atom is 0.409 e. The number of rotatable bonds is 13. The van der Waals surface area contributed by atoms with E-state index in [1.165, 1.54) is 9.80 Å². The number of nitrogens with zero attached hydrogens (tertiary/aromatic N) is 7. The molecule has 20 heteroatoms. The van der Waals surface area contributed by atoms with Crippen LogP contribution < -0.4 is 20.7 Å². The summed E-state index contributed by atoms with van der Waals surface area (Å²) >= 11 is 0. The highest BCUT2D eigenvalue weighted by atomic mass is 16.5. The SMILES string of the molecule is CC(C)(C)c1cc(NC(=O)Nc2ccc(-n3cnc4cc(OCCCCC(=O)Nc5cccc6c5CN(C5CCC(=O)N(C7(C)CC(N8CCOCC8)CCN7C(=O)O)C5=O)C6=O)ccc43)cc2)no1. The number of carboxylic acid groups (broad SMARTS) is 1. The van der Waals surface area contributed by atoms with Gasteiger partial charge < -0.3 is 34.6 Å². The Morgan fingerprint density at radius 3 is 2.46 bits per heavy atom. The van der Waals surface area contributed by atoms with E-state index in [-0.39, 0.29) is 62.0 Å². The fourth-order valence-electron chi connectivity index (χ4n) is 9.98. The minimum absolute atomic E-state index is 0.0292. The van der Waals surface area contributed by atoms with Gasteiger partial charge in [0.2, 0.25) is 11.8 Å². The van der Waals surface area contributed by atoms with Crippen LogP contribution in [0.3, 0.4) is 0 Å². The quantitative estimate of drug-likeness (QED) is 0.0703. The lowest BCUT2D eigenvalue weighted by atomic mass is 9.87. The number of anilines is 3. The zero-order valence-electron chi connectivity index (χ0n) is 39.7. The molecular formula is C50H58N10O10. The van der Waals surface area contributed by atoms with Crippen LogP contribution in [0.15, 0.2) is 77.6 Å². The second-order valence-electron chi connectivity index (χ2n) is 19.4. The molecule has 4 N–H and O–H groups in total. The topological polar surface area (TPSA) is 234 Å². The molecule has 6 heterocycles. The number of likely N-dealkylation sites (tertiary alicyclic amines) is 2. The number of hydrogen-bond donors (Lipinski definition) is 4. The van der Waals surface area contributed by atoms with Crippen LogP contribution >= 0.6 is 0 Å². The Kier molecular flexibility index (Phi) is 13.4. The Morgan fingerprint density at radius 2 is 1.71 bits per heavy atom. The summed E-state index contributed by atoms with van der Waals surface area (Å²) in [7, 11) is 0. The van der Waals surface area contributed by atoms with Crippen LogP contribution in [-0.4, -0.2) is 132 Å². The van der Waals surface area contributed by atoms with E-state index < -0.39 is 35.6 Å². The highest BCUT2D eigenvalue weighted by Crippen LogP contribution is 2.40. The molecule has 9 rings (SSSR count). The molecule has 4 aliphatic heterocycles. The molecule has 20 nitrogen and oxygen atoms in total. The summed E-state index contributed by atoms with van der Waals surface area (Å²) in [6.07, 6.45) is 2.72. The van der Waals surface area contributed by atoms with Gasteiger partial charge in [-0.1, -0.05) is 32.0 Å². The first kappa shape index (κ1) is 47.7. The van der Waals surface area contributed by atoms with Gasteiger partial charge in [0.25, 0.3) is 11.8 Å². The minimum Gasteiger partial charge on any atom is -0.494 e. The number of morpholine rings is 1. The number of carbonyl (C=O) groups excluding carboxylic acids is 5. The Bertz CT molecular complexity index is 2810. The van der Waals surface area contributed by atoms with Crippen molar-refractivity contribution in [2.75, 3.05) is 55.4 Å². The highest BCUT2D eigenvalue weighted by Gasteiger charge is 2.55. The van der Waals surface area contributed by atoms with E-state index in [0.29, 0.717) is 92.0 Å². The molecule has 3 aromatic carbocycles. The predicted octanol–water partition coefficient (Wildman–Crippen LogP) is 6.81. The summed E-state index contributed by atoms with van der Waals surface area (Å²) in [4.78, 5) is 91.1. The van der Waals surface area contributed by atoms with Crippen LogP contribution in [0.2, 0.25) is 0 Å². The number of unbranched alkanes of at least 4 members (excludes halogenated alkanes) is 1. The normalized spacial score (nSPS) is 21.0. The van der Waals surface area contributed by atoms with Gasteiger partial charge in [0.1, 0.15) is 29.5 Å². The molecule has 0 radical (unpaired) electrons. The van der Waals surface area contributed by atoms with Gasteiger partial charge in [0.05, 0.1) is 30.9 Å². The van der Waals surface area contributed by atoms with Gasteiger partial charge in [-0.05, 0) is 81.1 Å². The van der Waals surface area contributed by atoms with Crippen LogP contribution in [0.1, 0.15) is 94.3 Å². The van der Waals surface area contributed by atoms with Crippen molar-refractivity contribution >= 4 is 64.0 Å². The summed E-state index contributed by atoms with van der Waals surface area (Å²) < 4.78 is 18.8. The second-order valence-corrected chi connectivity index (χ2v) is 19.4. The van der Waals surface area contributed by atoms with Gasteiger partial charge in [0, 0.05) is 97.2 Å². The molecule has 70 heavy (non-hydrogen) atoms. The van der Waals surface area contributed by atoms with Gasteiger partial charge in [-0.2, -0.15) is 0 Å². The largest absolute Gasteiger partial charge is 0.494 e. The zero-order chi connectivity index (χ0) is 49.3. The number of imide groups is 1. The summed E-state index contributed by atoms with van der Waals surface area (Å²) in [5, 5.41) is 22.7. The Morgan fingerprint density at radius 1 is 0.929 bits per heavy atom. The number of benzene rings is 3. The van der Waals surface area contributed by atoms with E-state index >= 15 is 0 Å². The number of imidazole rings is 1. The number of ether oxygens (including phenoxy) is 2. The molecule has 3 atom stereocenters. The number of hydrogen-bond acceptors (Lipinski definition) is 12. The van der Waals surface area contributed by atoms with Crippen molar-refractivity contribution in [1.29, 1.82) is 0 Å². The molecule has 3 fully saturated rings. The van der Waals surface area contributed by atoms with E-state index in [9.17, 15) is 33.9 Å². The van der Waals surface area contributed by atoms with Crippen LogP contribution in [0, 0.1) is 0 Å². The molecule has 4 aliphatic rings. The van der Waals surface area contributed by atoms with E-state index in [1.807, 2.05) is 55.7 Å². The maximum atomic E-state index is 14.5. The van der Waals surface area contributed by atoms with Gasteiger partial charge in [-0.3, -0.25) is 43.8 Å².